The van der Waals surface area contributed by atoms with Crippen LogP contribution in [0.4, 0.5) is 4.39 Å². The molecular weight excluding hydrogens is 277 g/mol. The van der Waals surface area contributed by atoms with E-state index >= 15 is 0 Å². The van der Waals surface area contributed by atoms with Crippen LogP contribution < -0.4 is 0 Å². The summed E-state index contributed by atoms with van der Waals surface area (Å²) in [4.78, 5) is 16.9. The monoisotopic (exact) mass is 293 g/mol. The summed E-state index contributed by atoms with van der Waals surface area (Å²) in [7, 11) is 0. The maximum atomic E-state index is 12.8. The number of benzene rings is 1. The van der Waals surface area contributed by atoms with Crippen LogP contribution >= 0.6 is 11.8 Å². The molecule has 106 valence electrons. The number of halogens is 1. The van der Waals surface area contributed by atoms with Crippen molar-refractivity contribution >= 4 is 17.5 Å². The average molecular weight is 293 g/mol. The van der Waals surface area contributed by atoms with Crippen molar-refractivity contribution in [3.63, 3.8) is 0 Å². The lowest BCUT2D eigenvalue weighted by Gasteiger charge is -2.04. The normalized spacial score (nSPS) is 10.7. The van der Waals surface area contributed by atoms with Crippen LogP contribution in [0.25, 0.3) is 0 Å². The number of carbonyl (C=O) groups is 1. The molecule has 0 N–H and O–H groups in total. The second-order valence-corrected chi connectivity index (χ2v) is 5.41. The molecule has 1 aromatic heterocycles. The molecule has 0 aliphatic rings. The van der Waals surface area contributed by atoms with Crippen LogP contribution in [0.1, 0.15) is 19.2 Å². The van der Waals surface area contributed by atoms with Crippen molar-refractivity contribution in [3.05, 3.63) is 42.2 Å². The number of nitrogens with zero attached hydrogens (tertiary/aromatic N) is 3. The molecule has 0 amide bonds. The van der Waals surface area contributed by atoms with E-state index in [1.807, 2.05) is 0 Å². The molecule has 0 bridgehead atoms. The van der Waals surface area contributed by atoms with Gasteiger partial charge < -0.3 is 0 Å². The minimum atomic E-state index is -0.270. The second-order valence-electron chi connectivity index (χ2n) is 4.36. The summed E-state index contributed by atoms with van der Waals surface area (Å²) in [6.07, 6.45) is 2.72. The summed E-state index contributed by atoms with van der Waals surface area (Å²) in [6, 6.07) is 6.13. The first-order valence-electron chi connectivity index (χ1n) is 6.45. The Kier molecular flexibility index (Phi) is 5.29. The topological polar surface area (TPSA) is 47.8 Å². The van der Waals surface area contributed by atoms with E-state index in [-0.39, 0.29) is 18.0 Å². The van der Waals surface area contributed by atoms with Gasteiger partial charge in [0.1, 0.15) is 18.0 Å². The fourth-order valence-electron chi connectivity index (χ4n) is 1.75. The molecule has 1 aromatic carbocycles. The first-order chi connectivity index (χ1) is 9.69. The van der Waals surface area contributed by atoms with Crippen LogP contribution in [0.15, 0.2) is 35.5 Å². The number of carbonyl (C=O) groups excluding carboxylic acids is 1. The Morgan fingerprint density at radius 1 is 1.35 bits per heavy atom. The highest BCUT2D eigenvalue weighted by molar-refractivity contribution is 8.00. The van der Waals surface area contributed by atoms with Crippen LogP contribution in [0.3, 0.4) is 0 Å². The molecule has 0 aliphatic heterocycles. The Labute approximate surface area is 121 Å². The number of rotatable bonds is 7. The fourth-order valence-corrected chi connectivity index (χ4v) is 2.50. The number of hydrogen-bond donors (Lipinski definition) is 0. The lowest BCUT2D eigenvalue weighted by molar-refractivity contribution is -0.116. The third-order valence-electron chi connectivity index (χ3n) is 2.70. The number of ketones is 1. The van der Waals surface area contributed by atoms with Gasteiger partial charge in [-0.25, -0.2) is 14.1 Å². The summed E-state index contributed by atoms with van der Waals surface area (Å²) in [6.45, 7) is 2.82. The van der Waals surface area contributed by atoms with E-state index in [0.717, 1.165) is 17.9 Å². The van der Waals surface area contributed by atoms with E-state index in [1.54, 1.807) is 16.8 Å². The van der Waals surface area contributed by atoms with Gasteiger partial charge in [0.25, 0.3) is 0 Å². The summed E-state index contributed by atoms with van der Waals surface area (Å²) in [5.41, 5.74) is 0. The molecule has 4 nitrogen and oxygen atoms in total. The molecule has 1 heterocycles. The Bertz CT molecular complexity index is 568. The first-order valence-corrected chi connectivity index (χ1v) is 7.44. The van der Waals surface area contributed by atoms with Crippen molar-refractivity contribution in [1.29, 1.82) is 0 Å². The van der Waals surface area contributed by atoms with Crippen LogP contribution in [0, 0.1) is 5.82 Å². The molecule has 0 saturated heterocycles. The van der Waals surface area contributed by atoms with Crippen LogP contribution in [-0.2, 0) is 17.8 Å². The number of hydrogen-bond acceptors (Lipinski definition) is 4. The zero-order chi connectivity index (χ0) is 14.4. The Morgan fingerprint density at radius 3 is 2.80 bits per heavy atom. The van der Waals surface area contributed by atoms with Crippen molar-refractivity contribution in [2.75, 3.05) is 5.75 Å². The van der Waals surface area contributed by atoms with Crippen molar-refractivity contribution in [1.82, 2.24) is 14.8 Å². The molecule has 2 aromatic rings. The average Bonchev–Trinajstić information content (AvgIpc) is 2.86. The quantitative estimate of drug-likeness (QED) is 0.736. The zero-order valence-electron chi connectivity index (χ0n) is 11.3. The lowest BCUT2D eigenvalue weighted by atomic mass is 10.3. The molecule has 0 aliphatic carbocycles. The van der Waals surface area contributed by atoms with Gasteiger partial charge in [-0.3, -0.25) is 4.79 Å². The molecular formula is C14H16FN3OS. The van der Waals surface area contributed by atoms with Crippen molar-refractivity contribution < 1.29 is 9.18 Å². The maximum Gasteiger partial charge on any atom is 0.150 e. The van der Waals surface area contributed by atoms with Gasteiger partial charge in [0, 0.05) is 11.4 Å². The van der Waals surface area contributed by atoms with Gasteiger partial charge in [-0.2, -0.15) is 5.10 Å². The van der Waals surface area contributed by atoms with Gasteiger partial charge in [0.2, 0.25) is 0 Å². The highest BCUT2D eigenvalue weighted by atomic mass is 32.2. The molecule has 2 rings (SSSR count). The summed E-state index contributed by atoms with van der Waals surface area (Å²) in [5, 5.41) is 4.09. The van der Waals surface area contributed by atoms with E-state index in [1.165, 1.54) is 30.2 Å². The highest BCUT2D eigenvalue weighted by Gasteiger charge is 2.10. The Balaban J connectivity index is 1.86. The minimum absolute atomic E-state index is 0.0877. The molecule has 0 radical (unpaired) electrons. The highest BCUT2D eigenvalue weighted by Crippen LogP contribution is 2.18. The predicted octanol–water partition coefficient (Wildman–Crippen LogP) is 2.73. The van der Waals surface area contributed by atoms with Crippen LogP contribution in [0.2, 0.25) is 0 Å². The largest absolute Gasteiger partial charge is 0.298 e. The Hall–Kier alpha value is -1.69. The fraction of sp³-hybridized carbons (Fsp3) is 0.357. The second kappa shape index (κ2) is 7.19. The van der Waals surface area contributed by atoms with E-state index in [0.29, 0.717) is 11.6 Å². The molecule has 0 fully saturated rings. The van der Waals surface area contributed by atoms with Gasteiger partial charge in [0.15, 0.2) is 5.78 Å². The number of Topliss-reactive ketones (excluding diaryl/α,β-unsaturated/α-hetero) is 1. The van der Waals surface area contributed by atoms with E-state index in [4.69, 9.17) is 0 Å². The standard InChI is InChI=1S/C14H16FN3OS/c1-2-7-18-14(16-10-17-18)8-12(19)9-20-13-5-3-11(15)4-6-13/h3-6,10H,2,7-9H2,1H3. The molecule has 0 unspecified atom stereocenters. The number of aryl methyl sites for hydroxylation is 1. The summed E-state index contributed by atoms with van der Waals surface area (Å²) >= 11 is 1.40. The predicted molar refractivity (Wildman–Crippen MR) is 76.1 cm³/mol. The zero-order valence-corrected chi connectivity index (χ0v) is 12.1. The van der Waals surface area contributed by atoms with Crippen LogP contribution in [0.5, 0.6) is 0 Å². The minimum Gasteiger partial charge on any atom is -0.298 e. The Morgan fingerprint density at radius 2 is 2.10 bits per heavy atom. The number of aromatic nitrogens is 3. The molecule has 0 atom stereocenters. The number of thioether (sulfide) groups is 1. The van der Waals surface area contributed by atoms with Gasteiger partial charge in [0.05, 0.1) is 12.2 Å². The van der Waals surface area contributed by atoms with Crippen molar-refractivity contribution in [2.24, 2.45) is 0 Å². The summed E-state index contributed by atoms with van der Waals surface area (Å²) < 4.78 is 14.5. The van der Waals surface area contributed by atoms with Crippen molar-refractivity contribution in [2.45, 2.75) is 31.2 Å². The van der Waals surface area contributed by atoms with Gasteiger partial charge in [-0.05, 0) is 30.7 Å². The SMILES string of the molecule is CCCn1ncnc1CC(=O)CSc1ccc(F)cc1. The van der Waals surface area contributed by atoms with E-state index < -0.39 is 0 Å². The third kappa shape index (κ3) is 4.16. The molecule has 0 spiro atoms. The molecule has 6 heteroatoms. The molecule has 20 heavy (non-hydrogen) atoms. The first kappa shape index (κ1) is 14.7. The molecule has 0 saturated carbocycles. The van der Waals surface area contributed by atoms with Gasteiger partial charge in [-0.1, -0.05) is 6.92 Å². The maximum absolute atomic E-state index is 12.8. The van der Waals surface area contributed by atoms with Crippen molar-refractivity contribution in [3.8, 4) is 0 Å². The van der Waals surface area contributed by atoms with E-state index in [9.17, 15) is 9.18 Å². The van der Waals surface area contributed by atoms with Crippen LogP contribution in [-0.4, -0.2) is 26.3 Å². The third-order valence-corrected chi connectivity index (χ3v) is 3.77. The van der Waals surface area contributed by atoms with Gasteiger partial charge >= 0.3 is 0 Å². The van der Waals surface area contributed by atoms with E-state index in [2.05, 4.69) is 17.0 Å². The lowest BCUT2D eigenvalue weighted by Crippen LogP contribution is -2.12. The van der Waals surface area contributed by atoms with Gasteiger partial charge in [-0.15, -0.1) is 11.8 Å². The summed E-state index contributed by atoms with van der Waals surface area (Å²) in [5.74, 6) is 0.875. The smallest absolute Gasteiger partial charge is 0.150 e.